The van der Waals surface area contributed by atoms with E-state index in [2.05, 4.69) is 10.3 Å². The van der Waals surface area contributed by atoms with E-state index in [4.69, 9.17) is 11.6 Å². The Morgan fingerprint density at radius 3 is 2.75 bits per heavy atom. The summed E-state index contributed by atoms with van der Waals surface area (Å²) in [6, 6.07) is 3.16. The van der Waals surface area contributed by atoms with Crippen molar-refractivity contribution in [1.29, 1.82) is 0 Å². The molecular formula is C10H15ClN2O2S. The summed E-state index contributed by atoms with van der Waals surface area (Å²) in [5, 5.41) is 3.03. The fourth-order valence-electron chi connectivity index (χ4n) is 1.24. The summed E-state index contributed by atoms with van der Waals surface area (Å²) < 4.78 is 23.0. The van der Waals surface area contributed by atoms with Crippen LogP contribution in [0.1, 0.15) is 13.3 Å². The van der Waals surface area contributed by atoms with Gasteiger partial charge in [-0.25, -0.2) is 13.4 Å². The Kier molecular flexibility index (Phi) is 4.56. The number of aromatic nitrogens is 1. The molecule has 0 aliphatic carbocycles. The van der Waals surface area contributed by atoms with Crippen LogP contribution in [0.5, 0.6) is 0 Å². The lowest BCUT2D eigenvalue weighted by atomic mass is 10.2. The van der Waals surface area contributed by atoms with E-state index in [9.17, 15) is 8.42 Å². The van der Waals surface area contributed by atoms with Crippen LogP contribution in [0.2, 0.25) is 0 Å². The van der Waals surface area contributed by atoms with Gasteiger partial charge in [-0.1, -0.05) is 6.92 Å². The molecule has 0 radical (unpaired) electrons. The molecule has 4 nitrogen and oxygen atoms in total. The first-order valence-corrected chi connectivity index (χ1v) is 7.39. The van der Waals surface area contributed by atoms with Gasteiger partial charge in [0, 0.05) is 24.4 Å². The highest BCUT2D eigenvalue weighted by Crippen LogP contribution is 2.19. The summed E-state index contributed by atoms with van der Waals surface area (Å²) in [7, 11) is -3.26. The molecule has 16 heavy (non-hydrogen) atoms. The number of anilines is 1. The van der Waals surface area contributed by atoms with E-state index in [1.54, 1.807) is 12.3 Å². The van der Waals surface area contributed by atoms with Gasteiger partial charge in [0.2, 0.25) is 0 Å². The summed E-state index contributed by atoms with van der Waals surface area (Å²) in [5.74, 6) is 0.786. The van der Waals surface area contributed by atoms with Gasteiger partial charge >= 0.3 is 0 Å². The summed E-state index contributed by atoms with van der Waals surface area (Å²) >= 11 is 5.74. The van der Waals surface area contributed by atoms with Crippen LogP contribution in [0.4, 0.5) is 5.82 Å². The number of nitrogens with zero attached hydrogens (tertiary/aromatic N) is 1. The molecule has 0 saturated carbocycles. The Morgan fingerprint density at radius 2 is 2.25 bits per heavy atom. The molecule has 0 amide bonds. The van der Waals surface area contributed by atoms with Crippen LogP contribution in [0.15, 0.2) is 23.2 Å². The van der Waals surface area contributed by atoms with Crippen LogP contribution in [0.3, 0.4) is 0 Å². The standard InChI is InChI=1S/C10H15ClN2O2S/c1-3-8(7-11)13-10-9(16(2,14)15)5-4-6-12-10/h4-6,8H,3,7H2,1-2H3,(H,12,13). The number of hydrogen-bond donors (Lipinski definition) is 1. The Balaban J connectivity index is 3.05. The largest absolute Gasteiger partial charge is 0.365 e. The van der Waals surface area contributed by atoms with Crippen molar-refractivity contribution in [3.8, 4) is 0 Å². The highest BCUT2D eigenvalue weighted by molar-refractivity contribution is 7.90. The van der Waals surface area contributed by atoms with Crippen molar-refractivity contribution < 1.29 is 8.42 Å². The fraction of sp³-hybridized carbons (Fsp3) is 0.500. The number of rotatable bonds is 5. The van der Waals surface area contributed by atoms with Gasteiger partial charge in [0.05, 0.1) is 0 Å². The molecule has 1 atom stereocenters. The Morgan fingerprint density at radius 1 is 1.56 bits per heavy atom. The molecule has 1 heterocycles. The fourth-order valence-corrected chi connectivity index (χ4v) is 2.33. The molecule has 1 aromatic heterocycles. The van der Waals surface area contributed by atoms with Crippen LogP contribution in [0.25, 0.3) is 0 Å². The molecule has 0 bridgehead atoms. The third kappa shape index (κ3) is 3.35. The van der Waals surface area contributed by atoms with Crippen molar-refractivity contribution in [2.45, 2.75) is 24.3 Å². The van der Waals surface area contributed by atoms with Gasteiger partial charge in [-0.15, -0.1) is 11.6 Å². The summed E-state index contributed by atoms with van der Waals surface area (Å²) in [6.07, 6.45) is 3.53. The molecule has 1 unspecified atom stereocenters. The van der Waals surface area contributed by atoms with E-state index in [1.165, 1.54) is 6.07 Å². The normalized spacial score (nSPS) is 13.4. The van der Waals surface area contributed by atoms with Gasteiger partial charge in [-0.05, 0) is 18.6 Å². The smallest absolute Gasteiger partial charge is 0.179 e. The highest BCUT2D eigenvalue weighted by Gasteiger charge is 2.15. The maximum atomic E-state index is 11.5. The highest BCUT2D eigenvalue weighted by atomic mass is 35.5. The molecule has 90 valence electrons. The average Bonchev–Trinajstić information content (AvgIpc) is 2.25. The molecule has 1 N–H and O–H groups in total. The number of sulfone groups is 1. The van der Waals surface area contributed by atoms with E-state index in [0.717, 1.165) is 12.7 Å². The minimum atomic E-state index is -3.26. The van der Waals surface area contributed by atoms with E-state index in [1.807, 2.05) is 6.92 Å². The van der Waals surface area contributed by atoms with Gasteiger partial charge in [-0.3, -0.25) is 0 Å². The van der Waals surface area contributed by atoms with Crippen LogP contribution < -0.4 is 5.32 Å². The van der Waals surface area contributed by atoms with Gasteiger partial charge in [-0.2, -0.15) is 0 Å². The zero-order chi connectivity index (χ0) is 12.2. The number of nitrogens with one attached hydrogen (secondary N) is 1. The minimum Gasteiger partial charge on any atom is -0.365 e. The molecule has 0 aromatic carbocycles. The zero-order valence-corrected chi connectivity index (χ0v) is 10.8. The topological polar surface area (TPSA) is 59.1 Å². The molecule has 0 saturated heterocycles. The molecule has 1 rings (SSSR count). The van der Waals surface area contributed by atoms with Gasteiger partial charge in [0.15, 0.2) is 9.84 Å². The lowest BCUT2D eigenvalue weighted by Crippen LogP contribution is -2.22. The molecule has 0 spiro atoms. The van der Waals surface area contributed by atoms with E-state index in [-0.39, 0.29) is 10.9 Å². The molecule has 0 fully saturated rings. The Hall–Kier alpha value is -0.810. The number of hydrogen-bond acceptors (Lipinski definition) is 4. The number of alkyl halides is 1. The number of halogens is 1. The summed E-state index contributed by atoms with van der Waals surface area (Å²) in [5.41, 5.74) is 0. The van der Waals surface area contributed by atoms with Crippen molar-refractivity contribution in [1.82, 2.24) is 4.98 Å². The molecule has 1 aromatic rings. The molecular weight excluding hydrogens is 248 g/mol. The quantitative estimate of drug-likeness (QED) is 0.824. The van der Waals surface area contributed by atoms with E-state index in [0.29, 0.717) is 11.7 Å². The predicted octanol–water partition coefficient (Wildman–Crippen LogP) is 1.91. The monoisotopic (exact) mass is 262 g/mol. The first-order valence-electron chi connectivity index (χ1n) is 4.96. The second-order valence-electron chi connectivity index (χ2n) is 3.53. The van der Waals surface area contributed by atoms with Crippen molar-refractivity contribution in [2.24, 2.45) is 0 Å². The first kappa shape index (κ1) is 13.3. The lowest BCUT2D eigenvalue weighted by molar-refractivity contribution is 0.601. The average molecular weight is 263 g/mol. The van der Waals surface area contributed by atoms with Gasteiger partial charge in [0.25, 0.3) is 0 Å². The van der Waals surface area contributed by atoms with E-state index < -0.39 is 9.84 Å². The first-order chi connectivity index (χ1) is 7.49. The molecule has 6 heteroatoms. The van der Waals surface area contributed by atoms with E-state index >= 15 is 0 Å². The summed E-state index contributed by atoms with van der Waals surface area (Å²) in [4.78, 5) is 4.24. The maximum Gasteiger partial charge on any atom is 0.179 e. The SMILES string of the molecule is CCC(CCl)Nc1ncccc1S(C)(=O)=O. The zero-order valence-electron chi connectivity index (χ0n) is 9.27. The number of pyridine rings is 1. The Labute approximate surface area is 101 Å². The van der Waals surface area contributed by atoms with Gasteiger partial charge in [0.1, 0.15) is 10.7 Å². The van der Waals surface area contributed by atoms with Crippen LogP contribution in [-0.2, 0) is 9.84 Å². The van der Waals surface area contributed by atoms with Crippen molar-refractivity contribution in [3.63, 3.8) is 0 Å². The van der Waals surface area contributed by atoms with Crippen molar-refractivity contribution >= 4 is 27.3 Å². The minimum absolute atomic E-state index is 0.0251. The van der Waals surface area contributed by atoms with Crippen LogP contribution >= 0.6 is 11.6 Å². The third-order valence-corrected chi connectivity index (χ3v) is 3.69. The van der Waals surface area contributed by atoms with Crippen LogP contribution in [-0.4, -0.2) is 31.6 Å². The Bertz CT molecular complexity index is 444. The molecule has 0 aliphatic rings. The second-order valence-corrected chi connectivity index (χ2v) is 5.82. The molecule has 0 aliphatic heterocycles. The lowest BCUT2D eigenvalue weighted by Gasteiger charge is -2.16. The van der Waals surface area contributed by atoms with Crippen molar-refractivity contribution in [3.05, 3.63) is 18.3 Å². The predicted molar refractivity (Wildman–Crippen MR) is 65.8 cm³/mol. The van der Waals surface area contributed by atoms with Gasteiger partial charge < -0.3 is 5.32 Å². The van der Waals surface area contributed by atoms with Crippen LogP contribution in [0, 0.1) is 0 Å². The summed E-state index contributed by atoms with van der Waals surface area (Å²) in [6.45, 7) is 1.98. The second kappa shape index (κ2) is 5.50. The third-order valence-electron chi connectivity index (χ3n) is 2.19. The maximum absolute atomic E-state index is 11.5. The van der Waals surface area contributed by atoms with Crippen molar-refractivity contribution in [2.75, 3.05) is 17.5 Å².